The Balaban J connectivity index is 1.40. The van der Waals surface area contributed by atoms with E-state index in [0.717, 1.165) is 24.8 Å². The van der Waals surface area contributed by atoms with Crippen LogP contribution in [-0.2, 0) is 11.8 Å². The first-order valence-electron chi connectivity index (χ1n) is 12.7. The quantitative estimate of drug-likeness (QED) is 0.170. The summed E-state index contributed by atoms with van der Waals surface area (Å²) in [6, 6.07) is 40.8. The zero-order valence-corrected chi connectivity index (χ0v) is 20.1. The number of hydrogen-bond acceptors (Lipinski definition) is 1. The number of para-hydroxylation sites is 1. The van der Waals surface area contributed by atoms with Gasteiger partial charge in [-0.2, -0.15) is 0 Å². The van der Waals surface area contributed by atoms with Gasteiger partial charge in [-0.25, -0.2) is 0 Å². The van der Waals surface area contributed by atoms with Crippen molar-refractivity contribution in [3.05, 3.63) is 138 Å². The first kappa shape index (κ1) is 23.8. The summed E-state index contributed by atoms with van der Waals surface area (Å²) in [6.45, 7) is 0. The van der Waals surface area contributed by atoms with E-state index in [1.807, 2.05) is 18.2 Å². The van der Waals surface area contributed by atoms with Gasteiger partial charge in [0, 0.05) is 5.41 Å². The van der Waals surface area contributed by atoms with Crippen LogP contribution >= 0.6 is 0 Å². The third-order valence-electron chi connectivity index (χ3n) is 7.04. The summed E-state index contributed by atoms with van der Waals surface area (Å²) in [6.07, 6.45) is 9.37. The number of hydrogen-bond donors (Lipinski definition) is 1. The largest absolute Gasteiger partial charge is 0.508 e. The predicted octanol–water partition coefficient (Wildman–Crippen LogP) is 8.70. The maximum atomic E-state index is 9.94. The van der Waals surface area contributed by atoms with Crippen LogP contribution in [0.25, 0.3) is 0 Å². The maximum absolute atomic E-state index is 9.94. The number of unbranched alkanes of at least 4 members (excludes halogenated alkanes) is 5. The summed E-state index contributed by atoms with van der Waals surface area (Å²) in [5, 5.41) is 9.94. The molecular weight excluding hydrogens is 412 g/mol. The number of phenols is 1. The molecule has 0 aliphatic rings. The number of rotatable bonds is 12. The molecule has 0 aliphatic heterocycles. The summed E-state index contributed by atoms with van der Waals surface area (Å²) in [4.78, 5) is 0. The molecule has 174 valence electrons. The van der Waals surface area contributed by atoms with Crippen LogP contribution in [0.1, 0.15) is 67.2 Å². The Morgan fingerprint density at radius 2 is 0.853 bits per heavy atom. The van der Waals surface area contributed by atoms with Gasteiger partial charge >= 0.3 is 0 Å². The average Bonchev–Trinajstić information content (AvgIpc) is 2.90. The van der Waals surface area contributed by atoms with E-state index in [1.165, 1.54) is 48.8 Å². The minimum absolute atomic E-state index is 0.130. The van der Waals surface area contributed by atoms with Crippen LogP contribution in [0.5, 0.6) is 5.75 Å². The van der Waals surface area contributed by atoms with Crippen molar-refractivity contribution in [2.24, 2.45) is 0 Å². The molecule has 0 aromatic heterocycles. The van der Waals surface area contributed by atoms with Crippen molar-refractivity contribution in [3.63, 3.8) is 0 Å². The van der Waals surface area contributed by atoms with Crippen LogP contribution in [0.2, 0.25) is 0 Å². The molecule has 0 aliphatic carbocycles. The lowest BCUT2D eigenvalue weighted by Gasteiger charge is -2.36. The summed E-state index contributed by atoms with van der Waals surface area (Å²) in [5.74, 6) is 0.432. The third-order valence-corrected chi connectivity index (χ3v) is 7.04. The van der Waals surface area contributed by atoms with E-state index >= 15 is 0 Å². The van der Waals surface area contributed by atoms with Gasteiger partial charge in [0.25, 0.3) is 0 Å². The normalized spacial score (nSPS) is 11.4. The van der Waals surface area contributed by atoms with Gasteiger partial charge in [0.05, 0.1) is 0 Å². The molecule has 0 fully saturated rings. The predicted molar refractivity (Wildman–Crippen MR) is 143 cm³/mol. The number of aryl methyl sites for hydroxylation is 1. The molecule has 0 spiro atoms. The van der Waals surface area contributed by atoms with Gasteiger partial charge in [-0.15, -0.1) is 0 Å². The molecule has 0 amide bonds. The molecule has 4 aromatic carbocycles. The molecule has 4 aromatic rings. The third kappa shape index (κ3) is 5.78. The van der Waals surface area contributed by atoms with Crippen molar-refractivity contribution < 1.29 is 5.11 Å². The Bertz CT molecular complexity index is 1010. The van der Waals surface area contributed by atoms with Crippen molar-refractivity contribution in [1.29, 1.82) is 0 Å². The van der Waals surface area contributed by atoms with Crippen LogP contribution in [0, 0.1) is 0 Å². The van der Waals surface area contributed by atoms with Crippen LogP contribution in [-0.4, -0.2) is 5.11 Å². The standard InChI is InChI=1S/C33H36O/c34-32-26-16-15-19-28(32)18-8-3-1-2-4-17-27-33(29-20-9-5-10-21-29,30-22-11-6-12-23-30)31-24-13-7-14-25-31/h5-7,9-16,19-26,34H,1-4,8,17-18,27H2. The topological polar surface area (TPSA) is 20.2 Å². The first-order valence-corrected chi connectivity index (χ1v) is 12.7. The van der Waals surface area contributed by atoms with Gasteiger partial charge in [0.1, 0.15) is 5.75 Å². The van der Waals surface area contributed by atoms with Gasteiger partial charge in [0.15, 0.2) is 0 Å². The molecule has 0 saturated carbocycles. The van der Waals surface area contributed by atoms with Crippen LogP contribution in [0.4, 0.5) is 0 Å². The lowest BCUT2D eigenvalue weighted by molar-refractivity contribution is 0.465. The highest BCUT2D eigenvalue weighted by molar-refractivity contribution is 5.50. The lowest BCUT2D eigenvalue weighted by atomic mass is 9.66. The highest BCUT2D eigenvalue weighted by Gasteiger charge is 2.35. The summed E-state index contributed by atoms with van der Waals surface area (Å²) in [7, 11) is 0. The Hall–Kier alpha value is -3.32. The van der Waals surface area contributed by atoms with E-state index in [0.29, 0.717) is 5.75 Å². The Morgan fingerprint density at radius 3 is 1.35 bits per heavy atom. The molecule has 0 atom stereocenters. The van der Waals surface area contributed by atoms with Gasteiger partial charge in [-0.05, 0) is 47.6 Å². The SMILES string of the molecule is Oc1ccccc1CCCCCCCCC(c1ccccc1)(c1ccccc1)c1ccccc1. The number of benzene rings is 4. The van der Waals surface area contributed by atoms with E-state index in [9.17, 15) is 5.11 Å². The molecule has 4 rings (SSSR count). The molecule has 0 saturated heterocycles. The molecule has 34 heavy (non-hydrogen) atoms. The highest BCUT2D eigenvalue weighted by Crippen LogP contribution is 2.43. The second-order valence-electron chi connectivity index (χ2n) is 9.25. The van der Waals surface area contributed by atoms with E-state index in [-0.39, 0.29) is 5.41 Å². The number of phenolic OH excluding ortho intramolecular Hbond substituents is 1. The second-order valence-corrected chi connectivity index (χ2v) is 9.25. The smallest absolute Gasteiger partial charge is 0.118 e. The zero-order valence-electron chi connectivity index (χ0n) is 20.1. The van der Waals surface area contributed by atoms with Crippen LogP contribution in [0.3, 0.4) is 0 Å². The van der Waals surface area contributed by atoms with Gasteiger partial charge in [-0.1, -0.05) is 141 Å². The van der Waals surface area contributed by atoms with Crippen molar-refractivity contribution in [3.8, 4) is 5.75 Å². The first-order chi connectivity index (χ1) is 16.8. The summed E-state index contributed by atoms with van der Waals surface area (Å²) < 4.78 is 0. The van der Waals surface area contributed by atoms with Crippen molar-refractivity contribution in [1.82, 2.24) is 0 Å². The minimum Gasteiger partial charge on any atom is -0.508 e. The van der Waals surface area contributed by atoms with Crippen molar-refractivity contribution in [2.75, 3.05) is 0 Å². The van der Waals surface area contributed by atoms with Crippen molar-refractivity contribution in [2.45, 2.75) is 56.8 Å². The lowest BCUT2D eigenvalue weighted by Crippen LogP contribution is -2.29. The second kappa shape index (κ2) is 12.2. The Morgan fingerprint density at radius 1 is 0.441 bits per heavy atom. The fourth-order valence-corrected chi connectivity index (χ4v) is 5.24. The summed E-state index contributed by atoms with van der Waals surface area (Å²) >= 11 is 0. The molecular formula is C33H36O. The fourth-order valence-electron chi connectivity index (χ4n) is 5.24. The number of aromatic hydroxyl groups is 1. The van der Waals surface area contributed by atoms with E-state index < -0.39 is 0 Å². The molecule has 1 N–H and O–H groups in total. The Kier molecular flexibility index (Phi) is 8.57. The minimum atomic E-state index is -0.130. The summed E-state index contributed by atoms with van der Waals surface area (Å²) in [5.41, 5.74) is 5.05. The zero-order chi connectivity index (χ0) is 23.5. The monoisotopic (exact) mass is 448 g/mol. The van der Waals surface area contributed by atoms with E-state index in [1.54, 1.807) is 6.07 Å². The Labute approximate surface area is 205 Å². The molecule has 0 radical (unpaired) electrons. The molecule has 0 heterocycles. The highest BCUT2D eigenvalue weighted by atomic mass is 16.3. The van der Waals surface area contributed by atoms with Crippen molar-refractivity contribution >= 4 is 0 Å². The van der Waals surface area contributed by atoms with Gasteiger partial charge in [0.2, 0.25) is 0 Å². The molecule has 0 unspecified atom stereocenters. The maximum Gasteiger partial charge on any atom is 0.118 e. The fraction of sp³-hybridized carbons (Fsp3) is 0.273. The van der Waals surface area contributed by atoms with Crippen LogP contribution < -0.4 is 0 Å². The van der Waals surface area contributed by atoms with Gasteiger partial charge in [-0.3, -0.25) is 0 Å². The van der Waals surface area contributed by atoms with Gasteiger partial charge < -0.3 is 5.11 Å². The average molecular weight is 449 g/mol. The molecule has 1 heteroatoms. The van der Waals surface area contributed by atoms with E-state index in [2.05, 4.69) is 91.0 Å². The molecule has 1 nitrogen and oxygen atoms in total. The molecule has 0 bridgehead atoms. The van der Waals surface area contributed by atoms with E-state index in [4.69, 9.17) is 0 Å². The van der Waals surface area contributed by atoms with Crippen LogP contribution in [0.15, 0.2) is 115 Å².